The van der Waals surface area contributed by atoms with Crippen LogP contribution in [0.3, 0.4) is 0 Å². The van der Waals surface area contributed by atoms with Crippen molar-refractivity contribution < 1.29 is 24.4 Å². The molecular formula is C15H11BrN2O6. The van der Waals surface area contributed by atoms with Crippen LogP contribution >= 0.6 is 15.9 Å². The number of ether oxygens (including phenoxy) is 1. The number of rotatable bonds is 5. The Labute approximate surface area is 144 Å². The number of amides is 1. The van der Waals surface area contributed by atoms with Crippen molar-refractivity contribution in [3.05, 3.63) is 68.2 Å². The van der Waals surface area contributed by atoms with E-state index < -0.39 is 33.9 Å². The van der Waals surface area contributed by atoms with Crippen LogP contribution in [0.4, 0.5) is 16.2 Å². The molecule has 0 unspecified atom stereocenters. The predicted molar refractivity (Wildman–Crippen MR) is 88.0 cm³/mol. The van der Waals surface area contributed by atoms with Gasteiger partial charge in [0.1, 0.15) is 12.3 Å². The smallest absolute Gasteiger partial charge is 0.412 e. The number of benzene rings is 2. The number of nitro benzene ring substituents is 1. The van der Waals surface area contributed by atoms with Crippen LogP contribution in [0, 0.1) is 10.1 Å². The lowest BCUT2D eigenvalue weighted by molar-refractivity contribution is -0.384. The highest BCUT2D eigenvalue weighted by Crippen LogP contribution is 2.32. The van der Waals surface area contributed by atoms with Gasteiger partial charge in [0.15, 0.2) is 0 Å². The summed E-state index contributed by atoms with van der Waals surface area (Å²) in [6.45, 7) is -0.0561. The summed E-state index contributed by atoms with van der Waals surface area (Å²) in [5.41, 5.74) is -0.698. The Morgan fingerprint density at radius 1 is 1.25 bits per heavy atom. The van der Waals surface area contributed by atoms with Crippen molar-refractivity contribution >= 4 is 39.4 Å². The first-order chi connectivity index (χ1) is 11.4. The van der Waals surface area contributed by atoms with Gasteiger partial charge in [0.05, 0.1) is 10.5 Å². The maximum absolute atomic E-state index is 11.9. The average molecular weight is 395 g/mol. The second-order valence-electron chi connectivity index (χ2n) is 4.60. The molecule has 0 aliphatic heterocycles. The minimum absolute atomic E-state index is 0.0561. The average Bonchev–Trinajstić information content (AvgIpc) is 2.54. The normalized spacial score (nSPS) is 10.0. The van der Waals surface area contributed by atoms with Crippen molar-refractivity contribution in [1.29, 1.82) is 0 Å². The summed E-state index contributed by atoms with van der Waals surface area (Å²) in [6.07, 6.45) is -0.994. The molecule has 0 radical (unpaired) electrons. The fraction of sp³-hybridized carbons (Fsp3) is 0.0667. The Morgan fingerprint density at radius 3 is 2.50 bits per heavy atom. The standard InChI is InChI=1S/C15H11BrN2O6/c16-10-6-11(14(19)20)13(12(7-10)18(22)23)17-15(21)24-8-9-4-2-1-3-5-9/h1-7H,8H2,(H,17,21)(H,19,20). The predicted octanol–water partition coefficient (Wildman–Crippen LogP) is 3.80. The van der Waals surface area contributed by atoms with E-state index in [1.807, 2.05) is 0 Å². The third-order valence-corrected chi connectivity index (χ3v) is 3.41. The van der Waals surface area contributed by atoms with Gasteiger partial charge in [-0.25, -0.2) is 9.59 Å². The SMILES string of the molecule is O=C(Nc1c(C(=O)O)cc(Br)cc1[N+](=O)[O-])OCc1ccccc1. The Hall–Kier alpha value is -2.94. The molecule has 24 heavy (non-hydrogen) atoms. The van der Waals surface area contributed by atoms with Gasteiger partial charge in [-0.3, -0.25) is 15.4 Å². The van der Waals surface area contributed by atoms with Crippen LogP contribution in [0.2, 0.25) is 0 Å². The first kappa shape index (κ1) is 17.4. The van der Waals surface area contributed by atoms with Gasteiger partial charge in [-0.1, -0.05) is 46.3 Å². The van der Waals surface area contributed by atoms with E-state index in [4.69, 9.17) is 4.74 Å². The number of nitrogens with zero attached hydrogens (tertiary/aromatic N) is 1. The van der Waals surface area contributed by atoms with Crippen molar-refractivity contribution in [3.63, 3.8) is 0 Å². The highest BCUT2D eigenvalue weighted by atomic mass is 79.9. The van der Waals surface area contributed by atoms with Gasteiger partial charge in [-0.15, -0.1) is 0 Å². The number of carboxylic acids is 1. The lowest BCUT2D eigenvalue weighted by Gasteiger charge is -2.10. The topological polar surface area (TPSA) is 119 Å². The quantitative estimate of drug-likeness (QED) is 0.587. The van der Waals surface area contributed by atoms with Crippen LogP contribution in [0.15, 0.2) is 46.9 Å². The molecule has 1 amide bonds. The summed E-state index contributed by atoms with van der Waals surface area (Å²) in [5, 5.41) is 22.4. The second kappa shape index (κ2) is 7.55. The summed E-state index contributed by atoms with van der Waals surface area (Å²) in [7, 11) is 0. The van der Waals surface area contributed by atoms with E-state index in [2.05, 4.69) is 21.2 Å². The number of anilines is 1. The summed E-state index contributed by atoms with van der Waals surface area (Å²) >= 11 is 3.00. The summed E-state index contributed by atoms with van der Waals surface area (Å²) in [4.78, 5) is 33.5. The fourth-order valence-electron chi connectivity index (χ4n) is 1.90. The van der Waals surface area contributed by atoms with E-state index in [0.29, 0.717) is 0 Å². The number of nitro groups is 1. The molecule has 0 fully saturated rings. The van der Waals surface area contributed by atoms with E-state index in [1.54, 1.807) is 30.3 Å². The molecule has 0 spiro atoms. The van der Waals surface area contributed by atoms with Crippen LogP contribution in [-0.4, -0.2) is 22.1 Å². The highest BCUT2D eigenvalue weighted by molar-refractivity contribution is 9.10. The maximum Gasteiger partial charge on any atom is 0.412 e. The van der Waals surface area contributed by atoms with Gasteiger partial charge in [-0.2, -0.15) is 0 Å². The van der Waals surface area contributed by atoms with Crippen LogP contribution in [0.25, 0.3) is 0 Å². The first-order valence-corrected chi connectivity index (χ1v) is 7.36. The van der Waals surface area contributed by atoms with Crippen LogP contribution < -0.4 is 5.32 Å². The molecule has 0 atom stereocenters. The molecule has 0 aromatic heterocycles. The molecule has 9 heteroatoms. The van der Waals surface area contributed by atoms with Crippen molar-refractivity contribution in [3.8, 4) is 0 Å². The third-order valence-electron chi connectivity index (χ3n) is 2.95. The Kier molecular flexibility index (Phi) is 5.48. The minimum atomic E-state index is -1.42. The van der Waals surface area contributed by atoms with Gasteiger partial charge in [0, 0.05) is 10.5 Å². The number of hydrogen-bond donors (Lipinski definition) is 2. The number of aromatic carboxylic acids is 1. The van der Waals surface area contributed by atoms with Crippen molar-refractivity contribution in [2.75, 3.05) is 5.32 Å². The lowest BCUT2D eigenvalue weighted by atomic mass is 10.1. The van der Waals surface area contributed by atoms with Gasteiger partial charge in [0.25, 0.3) is 5.69 Å². The van der Waals surface area contributed by atoms with Crippen LogP contribution in [0.5, 0.6) is 0 Å². The maximum atomic E-state index is 11.9. The van der Waals surface area contributed by atoms with E-state index >= 15 is 0 Å². The summed E-state index contributed by atoms with van der Waals surface area (Å²) in [6, 6.07) is 11.0. The zero-order chi connectivity index (χ0) is 17.7. The Balaban J connectivity index is 2.22. The van der Waals surface area contributed by atoms with Gasteiger partial charge in [0.2, 0.25) is 0 Å². The third kappa shape index (κ3) is 4.29. The first-order valence-electron chi connectivity index (χ1n) is 6.57. The second-order valence-corrected chi connectivity index (χ2v) is 5.51. The molecule has 2 aromatic rings. The number of carbonyl (C=O) groups excluding carboxylic acids is 1. The molecule has 0 bridgehead atoms. The summed E-state index contributed by atoms with van der Waals surface area (Å²) in [5.74, 6) is -1.42. The zero-order valence-electron chi connectivity index (χ0n) is 12.1. The van der Waals surface area contributed by atoms with Crippen LogP contribution in [0.1, 0.15) is 15.9 Å². The Bertz CT molecular complexity index is 759. The molecule has 0 aliphatic carbocycles. The monoisotopic (exact) mass is 394 g/mol. The number of halogens is 1. The molecule has 124 valence electrons. The molecule has 2 rings (SSSR count). The summed E-state index contributed by atoms with van der Waals surface area (Å²) < 4.78 is 5.16. The molecule has 8 nitrogen and oxygen atoms in total. The molecule has 2 N–H and O–H groups in total. The van der Waals surface area contributed by atoms with Gasteiger partial charge < -0.3 is 9.84 Å². The number of hydrogen-bond acceptors (Lipinski definition) is 5. The minimum Gasteiger partial charge on any atom is -0.478 e. The number of carbonyl (C=O) groups is 2. The highest BCUT2D eigenvalue weighted by Gasteiger charge is 2.25. The molecule has 0 aliphatic rings. The van der Waals surface area contributed by atoms with Crippen molar-refractivity contribution in [2.45, 2.75) is 6.61 Å². The molecule has 0 heterocycles. The van der Waals surface area contributed by atoms with Crippen molar-refractivity contribution in [2.24, 2.45) is 0 Å². The van der Waals surface area contributed by atoms with Gasteiger partial charge >= 0.3 is 12.1 Å². The molecule has 0 saturated carbocycles. The largest absolute Gasteiger partial charge is 0.478 e. The number of nitrogens with one attached hydrogen (secondary N) is 1. The van der Waals surface area contributed by atoms with E-state index in [1.165, 1.54) is 0 Å². The molecule has 2 aromatic carbocycles. The fourth-order valence-corrected chi connectivity index (χ4v) is 2.34. The molecule has 0 saturated heterocycles. The lowest BCUT2D eigenvalue weighted by Crippen LogP contribution is -2.17. The van der Waals surface area contributed by atoms with E-state index in [0.717, 1.165) is 17.7 Å². The Morgan fingerprint density at radius 2 is 1.92 bits per heavy atom. The molecular weight excluding hydrogens is 384 g/mol. The van der Waals surface area contributed by atoms with Crippen LogP contribution in [-0.2, 0) is 11.3 Å². The zero-order valence-corrected chi connectivity index (χ0v) is 13.6. The van der Waals surface area contributed by atoms with Crippen molar-refractivity contribution in [1.82, 2.24) is 0 Å². The van der Waals surface area contributed by atoms with Gasteiger partial charge in [-0.05, 0) is 11.6 Å². The number of carboxylic acid groups (broad SMARTS) is 1. The van der Waals surface area contributed by atoms with E-state index in [-0.39, 0.29) is 11.1 Å². The van der Waals surface area contributed by atoms with E-state index in [9.17, 15) is 24.8 Å².